The van der Waals surface area contributed by atoms with Gasteiger partial charge in [0.25, 0.3) is 0 Å². The van der Waals surface area contributed by atoms with Crippen molar-refractivity contribution in [3.05, 3.63) is 17.5 Å². The number of ketones is 1. The summed E-state index contributed by atoms with van der Waals surface area (Å²) < 4.78 is 0. The maximum Gasteiger partial charge on any atom is 0.225 e. The van der Waals surface area contributed by atoms with Crippen molar-refractivity contribution in [1.29, 1.82) is 0 Å². The standard InChI is InChI=1S/C14H21N3O/c1-9-12(10(2)18)7-15-13(16-9)17(5)8-11-6-14(11,3)4/h7,11H,6,8H2,1-5H3. The maximum atomic E-state index is 11.3. The van der Waals surface area contributed by atoms with Crippen molar-refractivity contribution in [3.63, 3.8) is 0 Å². The molecule has 1 aromatic heterocycles. The van der Waals surface area contributed by atoms with Gasteiger partial charge in [-0.15, -0.1) is 0 Å². The highest BCUT2D eigenvalue weighted by molar-refractivity contribution is 5.94. The first kappa shape index (κ1) is 13.0. The molecule has 0 saturated heterocycles. The highest BCUT2D eigenvalue weighted by Gasteiger charge is 2.45. The third kappa shape index (κ3) is 2.52. The Bertz CT molecular complexity index is 482. The molecule has 0 aliphatic heterocycles. The molecule has 1 heterocycles. The summed E-state index contributed by atoms with van der Waals surface area (Å²) >= 11 is 0. The van der Waals surface area contributed by atoms with E-state index < -0.39 is 0 Å². The summed E-state index contributed by atoms with van der Waals surface area (Å²) in [5, 5.41) is 0. The predicted molar refractivity (Wildman–Crippen MR) is 71.9 cm³/mol. The topological polar surface area (TPSA) is 46.1 Å². The molecule has 0 spiro atoms. The molecule has 18 heavy (non-hydrogen) atoms. The summed E-state index contributed by atoms with van der Waals surface area (Å²) in [5.41, 5.74) is 1.83. The number of carbonyl (C=O) groups is 1. The second-order valence-corrected chi connectivity index (χ2v) is 6.00. The number of rotatable bonds is 4. The lowest BCUT2D eigenvalue weighted by Crippen LogP contribution is -2.24. The molecule has 4 nitrogen and oxygen atoms in total. The van der Waals surface area contributed by atoms with Gasteiger partial charge in [0.05, 0.1) is 11.3 Å². The Kier molecular flexibility index (Phi) is 3.13. The van der Waals surface area contributed by atoms with Gasteiger partial charge in [-0.3, -0.25) is 4.79 Å². The minimum atomic E-state index is 0.0185. The zero-order valence-electron chi connectivity index (χ0n) is 11.8. The van der Waals surface area contributed by atoms with E-state index in [1.54, 1.807) is 13.1 Å². The summed E-state index contributed by atoms with van der Waals surface area (Å²) in [4.78, 5) is 22.1. The van der Waals surface area contributed by atoms with Crippen LogP contribution in [0, 0.1) is 18.3 Å². The van der Waals surface area contributed by atoms with Gasteiger partial charge < -0.3 is 4.90 Å². The molecule has 98 valence electrons. The molecule has 1 aliphatic carbocycles. The van der Waals surface area contributed by atoms with Gasteiger partial charge in [0.2, 0.25) is 5.95 Å². The minimum absolute atomic E-state index is 0.0185. The van der Waals surface area contributed by atoms with E-state index in [2.05, 4.69) is 28.7 Å². The first-order valence-electron chi connectivity index (χ1n) is 6.37. The molecular weight excluding hydrogens is 226 g/mol. The second-order valence-electron chi connectivity index (χ2n) is 6.00. The maximum absolute atomic E-state index is 11.3. The quantitative estimate of drug-likeness (QED) is 0.767. The lowest BCUT2D eigenvalue weighted by molar-refractivity contribution is 0.101. The van der Waals surface area contributed by atoms with Gasteiger partial charge >= 0.3 is 0 Å². The van der Waals surface area contributed by atoms with E-state index in [0.717, 1.165) is 18.2 Å². The highest BCUT2D eigenvalue weighted by Crippen LogP contribution is 2.51. The van der Waals surface area contributed by atoms with Crippen molar-refractivity contribution >= 4 is 11.7 Å². The smallest absolute Gasteiger partial charge is 0.225 e. The molecule has 0 radical (unpaired) electrons. The fourth-order valence-electron chi connectivity index (χ4n) is 2.28. The summed E-state index contributed by atoms with van der Waals surface area (Å²) in [5.74, 6) is 1.45. The van der Waals surface area contributed by atoms with Crippen LogP contribution in [0.25, 0.3) is 0 Å². The first-order chi connectivity index (χ1) is 8.31. The van der Waals surface area contributed by atoms with Gasteiger partial charge in [-0.2, -0.15) is 0 Å². The largest absolute Gasteiger partial charge is 0.344 e. The second kappa shape index (κ2) is 4.34. The van der Waals surface area contributed by atoms with E-state index in [1.807, 2.05) is 14.0 Å². The van der Waals surface area contributed by atoms with Gasteiger partial charge in [0, 0.05) is 19.8 Å². The van der Waals surface area contributed by atoms with E-state index in [0.29, 0.717) is 16.9 Å². The molecule has 1 unspecified atom stereocenters. The number of aryl methyl sites for hydroxylation is 1. The van der Waals surface area contributed by atoms with E-state index in [-0.39, 0.29) is 5.78 Å². The first-order valence-corrected chi connectivity index (χ1v) is 6.37. The molecule has 1 aromatic rings. The van der Waals surface area contributed by atoms with E-state index in [1.165, 1.54) is 6.42 Å². The van der Waals surface area contributed by atoms with Crippen LogP contribution in [0.5, 0.6) is 0 Å². The van der Waals surface area contributed by atoms with Crippen molar-refractivity contribution in [1.82, 2.24) is 9.97 Å². The van der Waals surface area contributed by atoms with Crippen LogP contribution in [0.2, 0.25) is 0 Å². The van der Waals surface area contributed by atoms with Gasteiger partial charge in [0.1, 0.15) is 0 Å². The summed E-state index contributed by atoms with van der Waals surface area (Å²) in [6.45, 7) is 8.96. The molecule has 4 heteroatoms. The van der Waals surface area contributed by atoms with E-state index >= 15 is 0 Å². The molecule has 1 saturated carbocycles. The Hall–Kier alpha value is -1.45. The fourth-order valence-corrected chi connectivity index (χ4v) is 2.28. The van der Waals surface area contributed by atoms with Crippen molar-refractivity contribution in [2.75, 3.05) is 18.5 Å². The Balaban J connectivity index is 2.09. The molecule has 0 bridgehead atoms. The summed E-state index contributed by atoms with van der Waals surface area (Å²) in [6, 6.07) is 0. The highest BCUT2D eigenvalue weighted by atomic mass is 16.1. The SMILES string of the molecule is CC(=O)c1cnc(N(C)CC2CC2(C)C)nc1C. The van der Waals surface area contributed by atoms with E-state index in [4.69, 9.17) is 0 Å². The Morgan fingerprint density at radius 3 is 2.61 bits per heavy atom. The van der Waals surface area contributed by atoms with Crippen molar-refractivity contribution in [2.24, 2.45) is 11.3 Å². The van der Waals surface area contributed by atoms with Crippen LogP contribution in [-0.2, 0) is 0 Å². The Morgan fingerprint density at radius 2 is 2.17 bits per heavy atom. The normalized spacial score (nSPS) is 20.6. The minimum Gasteiger partial charge on any atom is -0.344 e. The van der Waals surface area contributed by atoms with Crippen LogP contribution in [0.15, 0.2) is 6.20 Å². The molecule has 2 rings (SSSR count). The average molecular weight is 247 g/mol. The van der Waals surface area contributed by atoms with Crippen LogP contribution >= 0.6 is 0 Å². The molecular formula is C14H21N3O. The van der Waals surface area contributed by atoms with Gasteiger partial charge in [-0.05, 0) is 31.6 Å². The molecule has 0 N–H and O–H groups in total. The monoisotopic (exact) mass is 247 g/mol. The van der Waals surface area contributed by atoms with Crippen LogP contribution in [0.4, 0.5) is 5.95 Å². The van der Waals surface area contributed by atoms with E-state index in [9.17, 15) is 4.79 Å². The lowest BCUT2D eigenvalue weighted by Gasteiger charge is -2.18. The lowest BCUT2D eigenvalue weighted by atomic mass is 10.1. The third-order valence-corrected chi connectivity index (χ3v) is 3.90. The Morgan fingerprint density at radius 1 is 1.56 bits per heavy atom. The fraction of sp³-hybridized carbons (Fsp3) is 0.643. The van der Waals surface area contributed by atoms with Crippen molar-refractivity contribution in [3.8, 4) is 0 Å². The number of aromatic nitrogens is 2. The van der Waals surface area contributed by atoms with Crippen LogP contribution < -0.4 is 4.90 Å². The molecule has 1 fully saturated rings. The third-order valence-electron chi connectivity index (χ3n) is 3.90. The number of hydrogen-bond acceptors (Lipinski definition) is 4. The van der Waals surface area contributed by atoms with Gasteiger partial charge in [0.15, 0.2) is 5.78 Å². The summed E-state index contributed by atoms with van der Waals surface area (Å²) in [6.07, 6.45) is 2.90. The number of nitrogens with zero attached hydrogens (tertiary/aromatic N) is 3. The Labute approximate surface area is 108 Å². The number of hydrogen-bond donors (Lipinski definition) is 0. The van der Waals surface area contributed by atoms with Crippen molar-refractivity contribution in [2.45, 2.75) is 34.1 Å². The number of Topliss-reactive ketones (excluding diaryl/α,β-unsaturated/α-hetero) is 1. The molecule has 0 aromatic carbocycles. The van der Waals surface area contributed by atoms with Crippen LogP contribution in [0.1, 0.15) is 43.2 Å². The molecule has 1 atom stereocenters. The molecule has 1 aliphatic rings. The number of anilines is 1. The summed E-state index contributed by atoms with van der Waals surface area (Å²) in [7, 11) is 2.01. The zero-order chi connectivity index (χ0) is 13.5. The van der Waals surface area contributed by atoms with Gasteiger partial charge in [-0.1, -0.05) is 13.8 Å². The van der Waals surface area contributed by atoms with Crippen LogP contribution in [0.3, 0.4) is 0 Å². The number of carbonyl (C=O) groups excluding carboxylic acids is 1. The predicted octanol–water partition coefficient (Wildman–Crippen LogP) is 2.47. The zero-order valence-corrected chi connectivity index (χ0v) is 11.8. The van der Waals surface area contributed by atoms with Gasteiger partial charge in [-0.25, -0.2) is 9.97 Å². The molecule has 0 amide bonds. The average Bonchev–Trinajstić information content (AvgIpc) is 2.85. The van der Waals surface area contributed by atoms with Crippen LogP contribution in [-0.4, -0.2) is 29.3 Å². The van der Waals surface area contributed by atoms with Crippen molar-refractivity contribution < 1.29 is 4.79 Å².